The third kappa shape index (κ3) is 6.63. The lowest BCUT2D eigenvalue weighted by atomic mass is 10.5. The van der Waals surface area contributed by atoms with Gasteiger partial charge in [-0.25, -0.2) is 0 Å². The summed E-state index contributed by atoms with van der Waals surface area (Å²) in [6.45, 7) is 14.2. The normalized spacial score (nSPS) is 13.1. The first-order chi connectivity index (χ1) is 7.31. The molecule has 0 saturated carbocycles. The molecule has 0 aliphatic heterocycles. The van der Waals surface area contributed by atoms with Crippen molar-refractivity contribution in [3.05, 3.63) is 6.04 Å². The standard InChI is InChI=1S/C12H27O3Si/c1-8-9-16(13-10(2)3,14-11(4)5)15-12(6)7/h9-12H,8H2,1-7H3. The van der Waals surface area contributed by atoms with Gasteiger partial charge < -0.3 is 13.3 Å². The fraction of sp³-hybridized carbons (Fsp3) is 0.917. The third-order valence-electron chi connectivity index (χ3n) is 1.65. The van der Waals surface area contributed by atoms with Crippen LogP contribution in [0.25, 0.3) is 0 Å². The quantitative estimate of drug-likeness (QED) is 0.616. The maximum Gasteiger partial charge on any atom is 0.505 e. The Morgan fingerprint density at radius 3 is 1.31 bits per heavy atom. The van der Waals surface area contributed by atoms with Gasteiger partial charge in [0.1, 0.15) is 0 Å². The van der Waals surface area contributed by atoms with Crippen molar-refractivity contribution in [3.8, 4) is 0 Å². The van der Waals surface area contributed by atoms with Gasteiger partial charge >= 0.3 is 8.80 Å². The molecule has 0 aromatic rings. The number of rotatable bonds is 8. The van der Waals surface area contributed by atoms with Crippen molar-refractivity contribution in [2.45, 2.75) is 73.2 Å². The fourth-order valence-electron chi connectivity index (χ4n) is 1.46. The predicted molar refractivity (Wildman–Crippen MR) is 69.0 cm³/mol. The molecule has 0 heterocycles. The molecule has 0 atom stereocenters. The van der Waals surface area contributed by atoms with Crippen LogP contribution in [0, 0.1) is 6.04 Å². The molecule has 97 valence electrons. The van der Waals surface area contributed by atoms with Gasteiger partial charge in [0.2, 0.25) is 0 Å². The first kappa shape index (κ1) is 16.1. The van der Waals surface area contributed by atoms with E-state index in [4.69, 9.17) is 13.3 Å². The molecule has 0 N–H and O–H groups in total. The maximum absolute atomic E-state index is 5.94. The van der Waals surface area contributed by atoms with Gasteiger partial charge in [-0.2, -0.15) is 0 Å². The van der Waals surface area contributed by atoms with Gasteiger partial charge in [0, 0.05) is 24.4 Å². The van der Waals surface area contributed by atoms with Crippen LogP contribution in [0.15, 0.2) is 0 Å². The van der Waals surface area contributed by atoms with Crippen LogP contribution in [0.2, 0.25) is 0 Å². The van der Waals surface area contributed by atoms with Crippen LogP contribution in [0.4, 0.5) is 0 Å². The Morgan fingerprint density at radius 2 is 1.12 bits per heavy atom. The molecule has 1 radical (unpaired) electrons. The van der Waals surface area contributed by atoms with Crippen LogP contribution >= 0.6 is 0 Å². The smallest absolute Gasteiger partial charge is 0.371 e. The number of hydrogen-bond donors (Lipinski definition) is 0. The summed E-state index contributed by atoms with van der Waals surface area (Å²) in [4.78, 5) is 0. The molecule has 0 saturated heterocycles. The Labute approximate surface area is 102 Å². The fourth-order valence-corrected chi connectivity index (χ4v) is 4.39. The highest BCUT2D eigenvalue weighted by Gasteiger charge is 2.43. The zero-order valence-electron chi connectivity index (χ0n) is 11.7. The summed E-state index contributed by atoms with van der Waals surface area (Å²) >= 11 is 0. The second-order valence-electron chi connectivity index (χ2n) is 4.72. The monoisotopic (exact) mass is 247 g/mol. The highest BCUT2D eigenvalue weighted by molar-refractivity contribution is 6.64. The van der Waals surface area contributed by atoms with E-state index in [1.165, 1.54) is 0 Å². The molecule has 3 nitrogen and oxygen atoms in total. The molecule has 16 heavy (non-hydrogen) atoms. The summed E-state index contributed by atoms with van der Waals surface area (Å²) < 4.78 is 17.8. The second kappa shape index (κ2) is 7.43. The lowest BCUT2D eigenvalue weighted by Gasteiger charge is -2.34. The van der Waals surface area contributed by atoms with Crippen molar-refractivity contribution in [1.82, 2.24) is 0 Å². The van der Waals surface area contributed by atoms with Crippen LogP contribution in [0.1, 0.15) is 54.9 Å². The van der Waals surface area contributed by atoms with Gasteiger partial charge in [0.25, 0.3) is 0 Å². The van der Waals surface area contributed by atoms with Gasteiger partial charge in [-0.3, -0.25) is 0 Å². The van der Waals surface area contributed by atoms with Crippen LogP contribution in [-0.2, 0) is 13.3 Å². The van der Waals surface area contributed by atoms with Crippen molar-refractivity contribution in [1.29, 1.82) is 0 Å². The van der Waals surface area contributed by atoms with E-state index in [0.29, 0.717) is 0 Å². The summed E-state index contributed by atoms with van der Waals surface area (Å²) in [6, 6.07) is 2.08. The molecule has 0 bridgehead atoms. The Morgan fingerprint density at radius 1 is 0.812 bits per heavy atom. The van der Waals surface area contributed by atoms with Crippen LogP contribution in [0.5, 0.6) is 0 Å². The highest BCUT2D eigenvalue weighted by atomic mass is 28.4. The molecule has 0 aliphatic rings. The van der Waals surface area contributed by atoms with Crippen molar-refractivity contribution in [2.24, 2.45) is 0 Å². The molecule has 0 aliphatic carbocycles. The van der Waals surface area contributed by atoms with Crippen molar-refractivity contribution in [3.63, 3.8) is 0 Å². The molecular weight excluding hydrogens is 220 g/mol. The van der Waals surface area contributed by atoms with Crippen LogP contribution in [0.3, 0.4) is 0 Å². The maximum atomic E-state index is 5.94. The van der Waals surface area contributed by atoms with Gasteiger partial charge in [-0.1, -0.05) is 6.92 Å². The molecule has 0 aromatic heterocycles. The summed E-state index contributed by atoms with van der Waals surface area (Å²) in [7, 11) is -2.61. The summed E-state index contributed by atoms with van der Waals surface area (Å²) in [5, 5.41) is 0. The minimum absolute atomic E-state index is 0.118. The highest BCUT2D eigenvalue weighted by Crippen LogP contribution is 2.21. The first-order valence-electron chi connectivity index (χ1n) is 6.19. The second-order valence-corrected chi connectivity index (χ2v) is 7.04. The average Bonchev–Trinajstić information content (AvgIpc) is 1.98. The largest absolute Gasteiger partial charge is 0.505 e. The van der Waals surface area contributed by atoms with E-state index in [1.807, 2.05) is 41.5 Å². The van der Waals surface area contributed by atoms with Gasteiger partial charge in [0.15, 0.2) is 0 Å². The summed E-state index contributed by atoms with van der Waals surface area (Å²) in [5.74, 6) is 0. The molecule has 0 amide bonds. The lowest BCUT2D eigenvalue weighted by molar-refractivity contribution is 0.00949. The SMILES string of the molecule is CC[CH][Si](OC(C)C)(OC(C)C)OC(C)C. The van der Waals surface area contributed by atoms with Gasteiger partial charge in [0.05, 0.1) is 0 Å². The molecule has 0 unspecified atom stereocenters. The van der Waals surface area contributed by atoms with E-state index >= 15 is 0 Å². The first-order valence-corrected chi connectivity index (χ1v) is 7.99. The minimum atomic E-state index is -2.61. The predicted octanol–water partition coefficient (Wildman–Crippen LogP) is 3.35. The van der Waals surface area contributed by atoms with Crippen LogP contribution < -0.4 is 0 Å². The number of hydrogen-bond acceptors (Lipinski definition) is 3. The van der Waals surface area contributed by atoms with E-state index in [-0.39, 0.29) is 18.3 Å². The Balaban J connectivity index is 4.72. The third-order valence-corrected chi connectivity index (χ3v) is 4.96. The molecular formula is C12H27O3Si. The van der Waals surface area contributed by atoms with Crippen molar-refractivity contribution >= 4 is 8.80 Å². The Bertz CT molecular complexity index is 155. The molecule has 0 spiro atoms. The van der Waals surface area contributed by atoms with Crippen LogP contribution in [-0.4, -0.2) is 27.1 Å². The van der Waals surface area contributed by atoms with Crippen molar-refractivity contribution < 1.29 is 13.3 Å². The lowest BCUT2D eigenvalue weighted by Crippen LogP contribution is -2.51. The van der Waals surface area contributed by atoms with Crippen molar-refractivity contribution in [2.75, 3.05) is 0 Å². The van der Waals surface area contributed by atoms with E-state index in [9.17, 15) is 0 Å². The van der Waals surface area contributed by atoms with E-state index in [2.05, 4.69) is 13.0 Å². The Kier molecular flexibility index (Phi) is 7.47. The van der Waals surface area contributed by atoms with E-state index in [1.54, 1.807) is 0 Å². The van der Waals surface area contributed by atoms with Gasteiger partial charge in [-0.05, 0) is 48.0 Å². The molecule has 0 rings (SSSR count). The van der Waals surface area contributed by atoms with Gasteiger partial charge in [-0.15, -0.1) is 0 Å². The zero-order valence-corrected chi connectivity index (χ0v) is 12.7. The zero-order chi connectivity index (χ0) is 12.8. The minimum Gasteiger partial charge on any atom is -0.371 e. The van der Waals surface area contributed by atoms with E-state index in [0.717, 1.165) is 6.42 Å². The van der Waals surface area contributed by atoms with E-state index < -0.39 is 8.80 Å². The molecule has 4 heteroatoms. The summed E-state index contributed by atoms with van der Waals surface area (Å²) in [6.07, 6.45) is 1.25. The topological polar surface area (TPSA) is 27.7 Å². The molecule has 0 aromatic carbocycles. The molecule has 0 fully saturated rings. The average molecular weight is 247 g/mol. The Hall–Kier alpha value is 0.0969. The summed E-state index contributed by atoms with van der Waals surface area (Å²) in [5.41, 5.74) is 0.